The number of aliphatic hydroxyl groups is 3. The van der Waals surface area contributed by atoms with Crippen LogP contribution in [0, 0.1) is 11.8 Å². The number of alkyl halides is 2. The van der Waals surface area contributed by atoms with Gasteiger partial charge in [-0.05, 0) is 30.4 Å². The number of fused-ring (bicyclic) bond motifs is 3. The van der Waals surface area contributed by atoms with E-state index in [2.05, 4.69) is 5.32 Å². The third-order valence-corrected chi connectivity index (χ3v) is 7.55. The third-order valence-electron chi connectivity index (χ3n) is 7.55. The van der Waals surface area contributed by atoms with Crippen LogP contribution in [0.25, 0.3) is 5.76 Å². The average molecular weight is 522 g/mol. The molecular formula is C25H29F2N3O7. The number of carbonyl (C=O) groups excluding carboxylic acids is 3. The quantitative estimate of drug-likeness (QED) is 0.285. The van der Waals surface area contributed by atoms with E-state index in [4.69, 9.17) is 5.73 Å². The second-order valence-electron chi connectivity index (χ2n) is 9.94. The fourth-order valence-corrected chi connectivity index (χ4v) is 5.66. The predicted molar refractivity (Wildman–Crippen MR) is 128 cm³/mol. The number of anilines is 1. The number of aliphatic hydroxyl groups excluding tert-OH is 2. The minimum Gasteiger partial charge on any atom is -0.508 e. The Morgan fingerprint density at radius 3 is 2.43 bits per heavy atom. The van der Waals surface area contributed by atoms with Gasteiger partial charge in [-0.15, -0.1) is 0 Å². The molecule has 0 heterocycles. The van der Waals surface area contributed by atoms with Gasteiger partial charge in [0.05, 0.1) is 11.6 Å². The standard InChI is InChI=1S/C25H29F2N3O7/c1-30(2)15-5-11(9-29-13(7-26)8-27)20(32)18-14(15)4-10-3-12-6-16(31)19(24(28)36)23(35)25(12,37)22(34)17(10)21(18)33/h5,10,12-13,29,32-33,35,37H,3-4,6-9H2,1-2H3,(H2,28,36). The number of phenolic OH excluding ortho intramolecular Hbond substituents is 1. The molecule has 3 unspecified atom stereocenters. The molecule has 0 aliphatic heterocycles. The maximum Gasteiger partial charge on any atom is 0.255 e. The van der Waals surface area contributed by atoms with Crippen molar-refractivity contribution in [1.82, 2.24) is 5.32 Å². The number of nitrogens with two attached hydrogens (primary N) is 1. The second-order valence-corrected chi connectivity index (χ2v) is 9.94. The molecule has 0 spiro atoms. The van der Waals surface area contributed by atoms with Crippen LogP contribution in [0.3, 0.4) is 0 Å². The average Bonchev–Trinajstić information content (AvgIpc) is 2.82. The Balaban J connectivity index is 1.88. The van der Waals surface area contributed by atoms with Crippen LogP contribution in [0.4, 0.5) is 14.5 Å². The molecule has 1 saturated carbocycles. The molecule has 1 fully saturated rings. The molecule has 3 aliphatic carbocycles. The van der Waals surface area contributed by atoms with Crippen LogP contribution >= 0.6 is 0 Å². The number of aromatic hydroxyl groups is 1. The Morgan fingerprint density at radius 2 is 1.86 bits per heavy atom. The molecule has 1 aromatic carbocycles. The first kappa shape index (κ1) is 26.6. The fraction of sp³-hybridized carbons (Fsp3) is 0.480. The molecule has 3 aliphatic rings. The number of amides is 1. The molecule has 0 saturated heterocycles. The van der Waals surface area contributed by atoms with E-state index in [0.717, 1.165) is 0 Å². The Bertz CT molecular complexity index is 1260. The smallest absolute Gasteiger partial charge is 0.255 e. The van der Waals surface area contributed by atoms with Crippen LogP contribution in [0.15, 0.2) is 23.0 Å². The van der Waals surface area contributed by atoms with Gasteiger partial charge in [0.1, 0.15) is 36.2 Å². The zero-order valence-corrected chi connectivity index (χ0v) is 20.3. The zero-order valence-electron chi connectivity index (χ0n) is 20.3. The second kappa shape index (κ2) is 9.42. The summed E-state index contributed by atoms with van der Waals surface area (Å²) in [5, 5.41) is 47.0. The molecule has 200 valence electrons. The monoisotopic (exact) mass is 521 g/mol. The van der Waals surface area contributed by atoms with Crippen molar-refractivity contribution in [3.8, 4) is 5.75 Å². The van der Waals surface area contributed by atoms with Gasteiger partial charge in [-0.25, -0.2) is 8.78 Å². The number of primary amides is 1. The van der Waals surface area contributed by atoms with Crippen molar-refractivity contribution in [2.24, 2.45) is 17.6 Å². The van der Waals surface area contributed by atoms with Gasteiger partial charge >= 0.3 is 0 Å². The number of rotatable bonds is 7. The Morgan fingerprint density at radius 1 is 1.22 bits per heavy atom. The van der Waals surface area contributed by atoms with E-state index < -0.39 is 83.6 Å². The molecule has 0 aromatic heterocycles. The van der Waals surface area contributed by atoms with Crippen LogP contribution in [0.2, 0.25) is 0 Å². The van der Waals surface area contributed by atoms with E-state index in [9.17, 15) is 43.6 Å². The zero-order chi connectivity index (χ0) is 27.4. The minimum atomic E-state index is -2.65. The topological polar surface area (TPSA) is 173 Å². The lowest BCUT2D eigenvalue weighted by molar-refractivity contribution is -0.147. The van der Waals surface area contributed by atoms with E-state index in [1.807, 2.05) is 0 Å². The molecule has 7 N–H and O–H groups in total. The SMILES string of the molecule is CN(C)c1cc(CNC(CF)CF)c(O)c2c1CC1CC3CC(=O)C(C(N)=O)=C(O)C3(O)C(=O)C1=C2O. The van der Waals surface area contributed by atoms with Gasteiger partial charge in [0.15, 0.2) is 11.4 Å². The molecule has 37 heavy (non-hydrogen) atoms. The number of carbonyl (C=O) groups is 3. The van der Waals surface area contributed by atoms with Gasteiger partial charge in [0, 0.05) is 49.8 Å². The lowest BCUT2D eigenvalue weighted by Crippen LogP contribution is -2.58. The first-order valence-electron chi connectivity index (χ1n) is 11.8. The number of phenols is 1. The number of hydrogen-bond acceptors (Lipinski definition) is 9. The summed E-state index contributed by atoms with van der Waals surface area (Å²) in [7, 11) is 3.45. The van der Waals surface area contributed by atoms with Gasteiger partial charge in [-0.1, -0.05) is 0 Å². The molecular weight excluding hydrogens is 492 g/mol. The van der Waals surface area contributed by atoms with E-state index in [-0.39, 0.29) is 36.1 Å². The van der Waals surface area contributed by atoms with Crippen molar-refractivity contribution in [2.45, 2.75) is 37.5 Å². The van der Waals surface area contributed by atoms with Crippen LogP contribution in [-0.2, 0) is 27.3 Å². The molecule has 0 bridgehead atoms. The number of hydrogen-bond donors (Lipinski definition) is 6. The molecule has 0 radical (unpaired) electrons. The van der Waals surface area contributed by atoms with Crippen molar-refractivity contribution in [3.63, 3.8) is 0 Å². The van der Waals surface area contributed by atoms with Crippen molar-refractivity contribution < 1.29 is 43.6 Å². The summed E-state index contributed by atoms with van der Waals surface area (Å²) in [6.45, 7) is -2.08. The summed E-state index contributed by atoms with van der Waals surface area (Å²) >= 11 is 0. The van der Waals surface area contributed by atoms with Crippen LogP contribution in [-0.4, -0.2) is 77.0 Å². The summed E-state index contributed by atoms with van der Waals surface area (Å²) in [6.07, 6.45) is -0.224. The normalized spacial score (nSPS) is 25.2. The van der Waals surface area contributed by atoms with Crippen molar-refractivity contribution in [3.05, 3.63) is 39.7 Å². The van der Waals surface area contributed by atoms with Crippen molar-refractivity contribution in [1.29, 1.82) is 0 Å². The summed E-state index contributed by atoms with van der Waals surface area (Å²) in [5.74, 6) is -7.07. The van der Waals surface area contributed by atoms with Gasteiger partial charge in [-0.2, -0.15) is 0 Å². The lowest BCUT2D eigenvalue weighted by atomic mass is 9.59. The Hall–Kier alpha value is -3.51. The minimum absolute atomic E-state index is 0.0224. The number of nitrogens with one attached hydrogen (secondary N) is 1. The lowest BCUT2D eigenvalue weighted by Gasteiger charge is -2.46. The molecule has 12 heteroatoms. The highest BCUT2D eigenvalue weighted by atomic mass is 19.1. The van der Waals surface area contributed by atoms with Crippen molar-refractivity contribution >= 4 is 28.9 Å². The molecule has 4 rings (SSSR count). The number of halogens is 2. The first-order valence-corrected chi connectivity index (χ1v) is 11.8. The van der Waals surface area contributed by atoms with Gasteiger partial charge < -0.3 is 36.4 Å². The van der Waals surface area contributed by atoms with Crippen LogP contribution < -0.4 is 16.0 Å². The molecule has 1 amide bonds. The van der Waals surface area contributed by atoms with E-state index in [1.165, 1.54) is 0 Å². The maximum absolute atomic E-state index is 13.6. The third kappa shape index (κ3) is 3.95. The van der Waals surface area contributed by atoms with Crippen LogP contribution in [0.5, 0.6) is 5.75 Å². The van der Waals surface area contributed by atoms with Crippen molar-refractivity contribution in [2.75, 3.05) is 32.3 Å². The summed E-state index contributed by atoms with van der Waals surface area (Å²) in [5.41, 5.74) is 2.65. The van der Waals surface area contributed by atoms with Gasteiger partial charge in [-0.3, -0.25) is 14.4 Å². The predicted octanol–water partition coefficient (Wildman–Crippen LogP) is 0.887. The highest BCUT2D eigenvalue weighted by molar-refractivity contribution is 6.22. The fourth-order valence-electron chi connectivity index (χ4n) is 5.66. The largest absolute Gasteiger partial charge is 0.508 e. The van der Waals surface area contributed by atoms with E-state index in [1.54, 1.807) is 25.1 Å². The Labute approximate surface area is 211 Å². The van der Waals surface area contributed by atoms with E-state index in [0.29, 0.717) is 11.3 Å². The molecule has 3 atom stereocenters. The first-order chi connectivity index (χ1) is 17.4. The summed E-state index contributed by atoms with van der Waals surface area (Å²) in [4.78, 5) is 39.5. The van der Waals surface area contributed by atoms with E-state index >= 15 is 0 Å². The van der Waals surface area contributed by atoms with Crippen LogP contribution in [0.1, 0.15) is 29.5 Å². The summed E-state index contributed by atoms with van der Waals surface area (Å²) < 4.78 is 26.0. The van der Waals surface area contributed by atoms with Gasteiger partial charge in [0.2, 0.25) is 5.78 Å². The summed E-state index contributed by atoms with van der Waals surface area (Å²) in [6, 6.07) is 0.523. The number of ketones is 2. The number of benzene rings is 1. The molecule has 1 aromatic rings. The highest BCUT2D eigenvalue weighted by Gasteiger charge is 2.60. The van der Waals surface area contributed by atoms with Gasteiger partial charge in [0.25, 0.3) is 5.91 Å². The maximum atomic E-state index is 13.6. The Kier molecular flexibility index (Phi) is 6.76. The highest BCUT2D eigenvalue weighted by Crippen LogP contribution is 2.53. The molecule has 10 nitrogen and oxygen atoms in total. The number of Topliss-reactive ketones (excluding diaryl/α,β-unsaturated/α-hetero) is 2. The number of nitrogens with zero attached hydrogens (tertiary/aromatic N) is 1.